The molecule has 6 nitrogen and oxygen atoms in total. The molecule has 0 bridgehead atoms. The van der Waals surface area contributed by atoms with E-state index >= 15 is 0 Å². The van der Waals surface area contributed by atoms with Crippen LogP contribution in [0.5, 0.6) is 0 Å². The summed E-state index contributed by atoms with van der Waals surface area (Å²) >= 11 is 0. The standard InChI is InChI=1S/C11H13F3N2O4S/c1-6(5-11(12,13)14)16-21(19,20)9-4-7(15)2-3-8(9)10(17)18/h2-4,6,16H,5,15H2,1H3,(H,17,18). The van der Waals surface area contributed by atoms with E-state index in [1.807, 2.05) is 0 Å². The Hall–Kier alpha value is -1.81. The molecule has 118 valence electrons. The van der Waals surface area contributed by atoms with Crippen LogP contribution in [0.1, 0.15) is 23.7 Å². The van der Waals surface area contributed by atoms with Gasteiger partial charge in [0.1, 0.15) is 0 Å². The molecule has 1 aromatic rings. The summed E-state index contributed by atoms with van der Waals surface area (Å²) in [5.74, 6) is -1.53. The van der Waals surface area contributed by atoms with Gasteiger partial charge < -0.3 is 10.8 Å². The van der Waals surface area contributed by atoms with Gasteiger partial charge in [0.15, 0.2) is 0 Å². The molecule has 1 unspecified atom stereocenters. The minimum Gasteiger partial charge on any atom is -0.478 e. The number of anilines is 1. The van der Waals surface area contributed by atoms with Gasteiger partial charge >= 0.3 is 12.1 Å². The third kappa shape index (κ3) is 4.90. The van der Waals surface area contributed by atoms with Gasteiger partial charge in [0, 0.05) is 11.7 Å². The van der Waals surface area contributed by atoms with Crippen molar-refractivity contribution in [2.75, 3.05) is 5.73 Å². The molecule has 0 radical (unpaired) electrons. The van der Waals surface area contributed by atoms with E-state index in [1.165, 1.54) is 6.07 Å². The zero-order valence-corrected chi connectivity index (χ0v) is 11.6. The predicted octanol–water partition coefficient (Wildman–Crippen LogP) is 1.59. The smallest absolute Gasteiger partial charge is 0.390 e. The zero-order chi connectivity index (χ0) is 16.4. The second-order valence-corrected chi connectivity index (χ2v) is 6.08. The second-order valence-electron chi connectivity index (χ2n) is 4.40. The largest absolute Gasteiger partial charge is 0.478 e. The van der Waals surface area contributed by atoms with Gasteiger partial charge in [-0.2, -0.15) is 13.2 Å². The number of sulfonamides is 1. The van der Waals surface area contributed by atoms with Crippen LogP contribution in [0, 0.1) is 0 Å². The fourth-order valence-corrected chi connectivity index (χ4v) is 3.13. The highest BCUT2D eigenvalue weighted by atomic mass is 32.2. The quantitative estimate of drug-likeness (QED) is 0.712. The average Bonchev–Trinajstić information content (AvgIpc) is 2.24. The van der Waals surface area contributed by atoms with Gasteiger partial charge in [0.05, 0.1) is 16.9 Å². The summed E-state index contributed by atoms with van der Waals surface area (Å²) in [7, 11) is -4.44. The molecular weight excluding hydrogens is 313 g/mol. The molecular formula is C11H13F3N2O4S. The highest BCUT2D eigenvalue weighted by Crippen LogP contribution is 2.24. The number of hydrogen-bond acceptors (Lipinski definition) is 4. The number of benzene rings is 1. The summed E-state index contributed by atoms with van der Waals surface area (Å²) in [6, 6.07) is 1.59. The SMILES string of the molecule is CC(CC(F)(F)F)NS(=O)(=O)c1cc(N)ccc1C(=O)O. The monoisotopic (exact) mass is 326 g/mol. The number of rotatable bonds is 5. The third-order valence-corrected chi connectivity index (χ3v) is 4.05. The molecule has 0 fully saturated rings. The van der Waals surface area contributed by atoms with Crippen LogP contribution in [-0.4, -0.2) is 31.7 Å². The fraction of sp³-hybridized carbons (Fsp3) is 0.364. The highest BCUT2D eigenvalue weighted by Gasteiger charge is 2.33. The van der Waals surface area contributed by atoms with Crippen LogP contribution in [0.25, 0.3) is 0 Å². The van der Waals surface area contributed by atoms with E-state index in [2.05, 4.69) is 0 Å². The van der Waals surface area contributed by atoms with Crippen LogP contribution in [0.3, 0.4) is 0 Å². The van der Waals surface area contributed by atoms with E-state index in [0.717, 1.165) is 19.1 Å². The molecule has 1 atom stereocenters. The van der Waals surface area contributed by atoms with Gasteiger partial charge in [-0.05, 0) is 25.1 Å². The molecule has 0 aromatic heterocycles. The molecule has 0 amide bonds. The summed E-state index contributed by atoms with van der Waals surface area (Å²) < 4.78 is 62.4. The molecule has 0 aliphatic carbocycles. The van der Waals surface area contributed by atoms with Crippen LogP contribution in [-0.2, 0) is 10.0 Å². The maximum Gasteiger partial charge on any atom is 0.390 e. The van der Waals surface area contributed by atoms with Gasteiger partial charge in [-0.1, -0.05) is 0 Å². The first-order valence-corrected chi connectivity index (χ1v) is 7.12. The lowest BCUT2D eigenvalue weighted by atomic mass is 10.2. The Morgan fingerprint density at radius 3 is 2.48 bits per heavy atom. The number of aromatic carboxylic acids is 1. The molecule has 1 aromatic carbocycles. The number of nitrogen functional groups attached to an aromatic ring is 1. The Morgan fingerprint density at radius 1 is 1.43 bits per heavy atom. The van der Waals surface area contributed by atoms with E-state index in [4.69, 9.17) is 10.8 Å². The lowest BCUT2D eigenvalue weighted by molar-refractivity contribution is -0.137. The van der Waals surface area contributed by atoms with Crippen molar-refractivity contribution in [2.45, 2.75) is 30.5 Å². The predicted molar refractivity (Wildman–Crippen MR) is 68.3 cm³/mol. The molecule has 0 heterocycles. The van der Waals surface area contributed by atoms with Crippen molar-refractivity contribution in [1.82, 2.24) is 4.72 Å². The summed E-state index contributed by atoms with van der Waals surface area (Å²) in [6.07, 6.45) is -5.93. The third-order valence-electron chi connectivity index (χ3n) is 2.42. The summed E-state index contributed by atoms with van der Waals surface area (Å²) in [5, 5.41) is 8.93. The molecule has 10 heteroatoms. The van der Waals surface area contributed by atoms with Crippen LogP contribution in [0.2, 0.25) is 0 Å². The van der Waals surface area contributed by atoms with E-state index in [1.54, 1.807) is 4.72 Å². The first-order valence-electron chi connectivity index (χ1n) is 5.64. The van der Waals surface area contributed by atoms with Crippen LogP contribution >= 0.6 is 0 Å². The first-order chi connectivity index (χ1) is 9.42. The second kappa shape index (κ2) is 5.90. The normalized spacial score (nSPS) is 13.9. The molecule has 1 rings (SSSR count). The number of carboxylic acid groups (broad SMARTS) is 1. The topological polar surface area (TPSA) is 109 Å². The number of alkyl halides is 3. The molecule has 0 aliphatic rings. The summed E-state index contributed by atoms with van der Waals surface area (Å²) in [4.78, 5) is 10.3. The number of nitrogens with two attached hydrogens (primary N) is 1. The Balaban J connectivity index is 3.14. The zero-order valence-electron chi connectivity index (χ0n) is 10.8. The molecule has 4 N–H and O–H groups in total. The molecule has 0 saturated heterocycles. The van der Waals surface area contributed by atoms with Crippen molar-refractivity contribution in [3.05, 3.63) is 23.8 Å². The van der Waals surface area contributed by atoms with Gasteiger partial charge in [-0.25, -0.2) is 17.9 Å². The minimum absolute atomic E-state index is 0.0242. The number of carbonyl (C=O) groups is 1. The van der Waals surface area contributed by atoms with Crippen LogP contribution in [0.15, 0.2) is 23.1 Å². The first kappa shape index (κ1) is 17.2. The Morgan fingerprint density at radius 2 is 2.00 bits per heavy atom. The Bertz CT molecular complexity index is 643. The molecule has 0 saturated carbocycles. The van der Waals surface area contributed by atoms with Gasteiger partial charge in [0.25, 0.3) is 0 Å². The van der Waals surface area contributed by atoms with E-state index in [-0.39, 0.29) is 5.69 Å². The Kier molecular flexibility index (Phi) is 4.84. The van der Waals surface area contributed by atoms with Crippen molar-refractivity contribution < 1.29 is 31.5 Å². The van der Waals surface area contributed by atoms with Gasteiger partial charge in [0.2, 0.25) is 10.0 Å². The van der Waals surface area contributed by atoms with E-state index in [9.17, 15) is 26.4 Å². The Labute approximate surface area is 118 Å². The number of hydrogen-bond donors (Lipinski definition) is 3. The lowest BCUT2D eigenvalue weighted by Gasteiger charge is -2.17. The van der Waals surface area contributed by atoms with Crippen LogP contribution in [0.4, 0.5) is 18.9 Å². The maximum absolute atomic E-state index is 12.2. The molecule has 21 heavy (non-hydrogen) atoms. The minimum atomic E-state index is -4.55. The number of nitrogens with one attached hydrogen (secondary N) is 1. The number of halogens is 3. The van der Waals surface area contributed by atoms with Crippen molar-refractivity contribution in [1.29, 1.82) is 0 Å². The molecule has 0 aliphatic heterocycles. The fourth-order valence-electron chi connectivity index (χ4n) is 1.66. The van der Waals surface area contributed by atoms with Gasteiger partial charge in [-0.3, -0.25) is 0 Å². The summed E-state index contributed by atoms with van der Waals surface area (Å²) in [6.45, 7) is 1.03. The average molecular weight is 326 g/mol. The van der Waals surface area contributed by atoms with Crippen molar-refractivity contribution in [3.8, 4) is 0 Å². The van der Waals surface area contributed by atoms with Gasteiger partial charge in [-0.15, -0.1) is 0 Å². The van der Waals surface area contributed by atoms with Crippen molar-refractivity contribution in [2.24, 2.45) is 0 Å². The maximum atomic E-state index is 12.2. The summed E-state index contributed by atoms with van der Waals surface area (Å²) in [5.41, 5.74) is 4.79. The van der Waals surface area contributed by atoms with Crippen LogP contribution < -0.4 is 10.5 Å². The number of carboxylic acids is 1. The molecule has 0 spiro atoms. The van der Waals surface area contributed by atoms with E-state index in [0.29, 0.717) is 0 Å². The van der Waals surface area contributed by atoms with Crippen molar-refractivity contribution in [3.63, 3.8) is 0 Å². The van der Waals surface area contributed by atoms with E-state index < -0.39 is 45.1 Å². The lowest BCUT2D eigenvalue weighted by Crippen LogP contribution is -2.36. The van der Waals surface area contributed by atoms with Crippen molar-refractivity contribution >= 4 is 21.7 Å². The highest BCUT2D eigenvalue weighted by molar-refractivity contribution is 7.89.